The van der Waals surface area contributed by atoms with Crippen molar-refractivity contribution in [1.82, 2.24) is 0 Å². The van der Waals surface area contributed by atoms with Gasteiger partial charge in [-0.1, -0.05) is 25.6 Å². The number of carbonyl (C=O) groups is 2. The lowest BCUT2D eigenvalue weighted by Gasteiger charge is -2.04. The second-order valence-corrected chi connectivity index (χ2v) is 12.0. The second-order valence-electron chi connectivity index (χ2n) is 6.27. The Hall–Kier alpha value is -2.16. The fourth-order valence-corrected chi connectivity index (χ4v) is 3.14. The third kappa shape index (κ3) is 5.85. The smallest absolute Gasteiger partial charge is 0.229 e. The molecule has 3 nitrogen and oxygen atoms in total. The molecule has 1 aromatic heterocycles. The number of aldehydes is 1. The number of benzene rings is 1. The standard InChI is InChI=1S/C18H19NO2SSi/c1-23(2,3)9-8-15-10-17(22-13-15)11-18(21)19-16-6-4-14(12-20)5-7-16/h4-7,10,12-13H,11H2,1-3H3,(H,19,21). The van der Waals surface area contributed by atoms with Crippen molar-refractivity contribution in [1.29, 1.82) is 0 Å². The van der Waals surface area contributed by atoms with Crippen LogP contribution >= 0.6 is 11.3 Å². The van der Waals surface area contributed by atoms with Crippen molar-refractivity contribution < 1.29 is 9.59 Å². The number of nitrogens with one attached hydrogen (secondary N) is 1. The topological polar surface area (TPSA) is 46.2 Å². The summed E-state index contributed by atoms with van der Waals surface area (Å²) in [5, 5.41) is 4.82. The average Bonchev–Trinajstić information content (AvgIpc) is 2.92. The maximum absolute atomic E-state index is 12.1. The molecule has 2 aromatic rings. The first-order valence-electron chi connectivity index (χ1n) is 7.31. The molecule has 0 unspecified atom stereocenters. The zero-order chi connectivity index (χ0) is 16.9. The van der Waals surface area contributed by atoms with Gasteiger partial charge in [-0.2, -0.15) is 0 Å². The molecule has 1 heterocycles. The highest BCUT2D eigenvalue weighted by Gasteiger charge is 2.09. The lowest BCUT2D eigenvalue weighted by molar-refractivity contribution is -0.115. The first-order valence-corrected chi connectivity index (χ1v) is 11.7. The Balaban J connectivity index is 1.96. The van der Waals surface area contributed by atoms with E-state index in [-0.39, 0.29) is 5.91 Å². The zero-order valence-corrected chi connectivity index (χ0v) is 15.3. The van der Waals surface area contributed by atoms with Gasteiger partial charge in [0.15, 0.2) is 0 Å². The van der Waals surface area contributed by atoms with Crippen molar-refractivity contribution in [2.24, 2.45) is 0 Å². The highest BCUT2D eigenvalue weighted by molar-refractivity contribution is 7.10. The molecule has 0 aliphatic carbocycles. The minimum atomic E-state index is -1.38. The summed E-state index contributed by atoms with van der Waals surface area (Å²) in [4.78, 5) is 23.7. The van der Waals surface area contributed by atoms with Gasteiger partial charge in [0, 0.05) is 27.1 Å². The van der Waals surface area contributed by atoms with E-state index in [1.807, 2.05) is 11.4 Å². The van der Waals surface area contributed by atoms with Gasteiger partial charge < -0.3 is 5.32 Å². The van der Waals surface area contributed by atoms with E-state index in [2.05, 4.69) is 36.4 Å². The lowest BCUT2D eigenvalue weighted by atomic mass is 10.2. The Morgan fingerprint density at radius 2 is 1.96 bits per heavy atom. The highest BCUT2D eigenvalue weighted by Crippen LogP contribution is 2.16. The van der Waals surface area contributed by atoms with Gasteiger partial charge >= 0.3 is 0 Å². The van der Waals surface area contributed by atoms with Crippen LogP contribution in [-0.4, -0.2) is 20.3 Å². The van der Waals surface area contributed by atoms with E-state index in [0.717, 1.165) is 16.7 Å². The molecule has 23 heavy (non-hydrogen) atoms. The monoisotopic (exact) mass is 341 g/mol. The predicted molar refractivity (Wildman–Crippen MR) is 98.7 cm³/mol. The third-order valence-corrected chi connectivity index (χ3v) is 4.71. The molecule has 1 aromatic carbocycles. The Labute approximate surface area is 141 Å². The zero-order valence-electron chi connectivity index (χ0n) is 13.5. The van der Waals surface area contributed by atoms with Gasteiger partial charge in [0.2, 0.25) is 5.91 Å². The summed E-state index contributed by atoms with van der Waals surface area (Å²) in [5.74, 6) is 3.12. The van der Waals surface area contributed by atoms with E-state index >= 15 is 0 Å². The molecule has 1 amide bonds. The van der Waals surface area contributed by atoms with Crippen molar-refractivity contribution in [2.45, 2.75) is 26.1 Å². The third-order valence-electron chi connectivity index (χ3n) is 2.90. The molecule has 118 valence electrons. The molecule has 0 aliphatic heterocycles. The first kappa shape index (κ1) is 17.2. The van der Waals surface area contributed by atoms with Crippen molar-refractivity contribution in [3.63, 3.8) is 0 Å². The van der Waals surface area contributed by atoms with Crippen molar-refractivity contribution in [3.8, 4) is 11.5 Å². The Bertz CT molecular complexity index is 761. The molecule has 0 aliphatic rings. The Morgan fingerprint density at radius 3 is 2.57 bits per heavy atom. The van der Waals surface area contributed by atoms with E-state index in [4.69, 9.17) is 0 Å². The fraction of sp³-hybridized carbons (Fsp3) is 0.222. The van der Waals surface area contributed by atoms with Crippen molar-refractivity contribution in [3.05, 3.63) is 51.7 Å². The molecule has 0 atom stereocenters. The van der Waals surface area contributed by atoms with E-state index in [1.165, 1.54) is 0 Å². The van der Waals surface area contributed by atoms with Crippen molar-refractivity contribution in [2.75, 3.05) is 5.32 Å². The number of hydrogen-bond donors (Lipinski definition) is 1. The Kier molecular flexibility index (Phi) is 5.53. The van der Waals surface area contributed by atoms with Crippen LogP contribution in [0.3, 0.4) is 0 Å². The number of hydrogen-bond acceptors (Lipinski definition) is 3. The maximum atomic E-state index is 12.1. The summed E-state index contributed by atoms with van der Waals surface area (Å²) < 4.78 is 0. The summed E-state index contributed by atoms with van der Waals surface area (Å²) in [6.45, 7) is 6.61. The van der Waals surface area contributed by atoms with E-state index in [9.17, 15) is 9.59 Å². The van der Waals surface area contributed by atoms with Crippen LogP contribution in [0.15, 0.2) is 35.7 Å². The first-order chi connectivity index (χ1) is 10.9. The molecule has 0 saturated carbocycles. The van der Waals surface area contributed by atoms with Crippen LogP contribution in [0.5, 0.6) is 0 Å². The normalized spacial score (nSPS) is 10.6. The van der Waals surface area contributed by atoms with Gasteiger partial charge in [0.1, 0.15) is 14.4 Å². The summed E-state index contributed by atoms with van der Waals surface area (Å²) in [6, 6.07) is 8.78. The van der Waals surface area contributed by atoms with Crippen LogP contribution in [-0.2, 0) is 11.2 Å². The van der Waals surface area contributed by atoms with Crippen molar-refractivity contribution >= 4 is 37.3 Å². The average molecular weight is 342 g/mol. The SMILES string of the molecule is C[Si](C)(C)C#Cc1csc(CC(=O)Nc2ccc(C=O)cc2)c1. The molecular weight excluding hydrogens is 322 g/mol. The summed E-state index contributed by atoms with van der Waals surface area (Å²) >= 11 is 1.55. The van der Waals surface area contributed by atoms with Crippen LogP contribution in [0, 0.1) is 11.5 Å². The summed E-state index contributed by atoms with van der Waals surface area (Å²) in [6.07, 6.45) is 1.11. The number of thiophene rings is 1. The van der Waals surface area contributed by atoms with Gasteiger partial charge in [0.05, 0.1) is 6.42 Å². The Morgan fingerprint density at radius 1 is 1.26 bits per heavy atom. The highest BCUT2D eigenvalue weighted by atomic mass is 32.1. The van der Waals surface area contributed by atoms with Gasteiger partial charge in [-0.15, -0.1) is 16.9 Å². The molecule has 0 spiro atoms. The van der Waals surface area contributed by atoms with Crippen LogP contribution in [0.4, 0.5) is 5.69 Å². The minimum absolute atomic E-state index is 0.0737. The lowest BCUT2D eigenvalue weighted by Crippen LogP contribution is -2.16. The minimum Gasteiger partial charge on any atom is -0.326 e. The molecule has 0 fully saturated rings. The molecule has 5 heteroatoms. The largest absolute Gasteiger partial charge is 0.326 e. The van der Waals surface area contributed by atoms with E-state index in [1.54, 1.807) is 35.6 Å². The number of amides is 1. The summed E-state index contributed by atoms with van der Waals surface area (Å²) in [5.41, 5.74) is 5.58. The number of rotatable bonds is 4. The van der Waals surface area contributed by atoms with Gasteiger partial charge in [0.25, 0.3) is 0 Å². The number of carbonyl (C=O) groups excluding carboxylic acids is 2. The molecule has 0 saturated heterocycles. The van der Waals surface area contributed by atoms with E-state index in [0.29, 0.717) is 17.7 Å². The molecule has 1 N–H and O–H groups in total. The van der Waals surface area contributed by atoms with Crippen LogP contribution in [0.1, 0.15) is 20.8 Å². The fourth-order valence-electron chi connectivity index (χ4n) is 1.81. The van der Waals surface area contributed by atoms with Gasteiger partial charge in [-0.3, -0.25) is 9.59 Å². The molecule has 2 rings (SSSR count). The summed E-state index contributed by atoms with van der Waals surface area (Å²) in [7, 11) is -1.38. The quantitative estimate of drug-likeness (QED) is 0.519. The molecular formula is C18H19NO2SSi. The second kappa shape index (κ2) is 7.40. The number of anilines is 1. The van der Waals surface area contributed by atoms with Crippen LogP contribution < -0.4 is 5.32 Å². The van der Waals surface area contributed by atoms with Gasteiger partial charge in [-0.25, -0.2) is 0 Å². The van der Waals surface area contributed by atoms with E-state index < -0.39 is 8.07 Å². The maximum Gasteiger partial charge on any atom is 0.229 e. The predicted octanol–water partition coefficient (Wildman–Crippen LogP) is 3.97. The molecule has 0 radical (unpaired) electrons. The van der Waals surface area contributed by atoms with Crippen LogP contribution in [0.2, 0.25) is 19.6 Å². The van der Waals surface area contributed by atoms with Crippen LogP contribution in [0.25, 0.3) is 0 Å². The molecule has 0 bridgehead atoms. The van der Waals surface area contributed by atoms with Gasteiger partial charge in [-0.05, 0) is 30.3 Å².